The number of rotatable bonds is 4. The maximum Gasteiger partial charge on any atom is 0.262 e. The van der Waals surface area contributed by atoms with Crippen LogP contribution in [0.25, 0.3) is 0 Å². The lowest BCUT2D eigenvalue weighted by atomic mass is 9.91. The monoisotopic (exact) mass is 350 g/mol. The van der Waals surface area contributed by atoms with Crippen molar-refractivity contribution in [3.63, 3.8) is 0 Å². The van der Waals surface area contributed by atoms with Crippen LogP contribution in [0, 0.1) is 6.92 Å². The lowest BCUT2D eigenvalue weighted by Gasteiger charge is -2.35. The van der Waals surface area contributed by atoms with Crippen molar-refractivity contribution in [2.45, 2.75) is 32.6 Å². The summed E-state index contributed by atoms with van der Waals surface area (Å²) in [5.74, 6) is 0.717. The molecular formula is C21H22N2O3. The third-order valence-electron chi connectivity index (χ3n) is 4.92. The van der Waals surface area contributed by atoms with Crippen molar-refractivity contribution in [3.8, 4) is 5.75 Å². The van der Waals surface area contributed by atoms with Gasteiger partial charge >= 0.3 is 0 Å². The molecule has 2 aromatic carbocycles. The summed E-state index contributed by atoms with van der Waals surface area (Å²) in [7, 11) is 0. The first-order valence-corrected chi connectivity index (χ1v) is 9.05. The van der Waals surface area contributed by atoms with Crippen molar-refractivity contribution in [2.75, 3.05) is 23.4 Å². The van der Waals surface area contributed by atoms with Gasteiger partial charge in [-0.15, -0.1) is 0 Å². The summed E-state index contributed by atoms with van der Waals surface area (Å²) in [5.41, 5.74) is 5.25. The van der Waals surface area contributed by atoms with Gasteiger partial charge in [-0.05, 0) is 67.1 Å². The van der Waals surface area contributed by atoms with Crippen molar-refractivity contribution in [1.29, 1.82) is 0 Å². The minimum absolute atomic E-state index is 0.0273. The highest BCUT2D eigenvalue weighted by atomic mass is 16.5. The molecule has 2 heterocycles. The zero-order valence-corrected chi connectivity index (χ0v) is 14.9. The quantitative estimate of drug-likeness (QED) is 0.921. The molecule has 26 heavy (non-hydrogen) atoms. The summed E-state index contributed by atoms with van der Waals surface area (Å²) in [6.07, 6.45) is 3.18. The van der Waals surface area contributed by atoms with E-state index in [4.69, 9.17) is 4.74 Å². The molecule has 2 aliphatic heterocycles. The van der Waals surface area contributed by atoms with Gasteiger partial charge < -0.3 is 15.0 Å². The van der Waals surface area contributed by atoms with E-state index < -0.39 is 0 Å². The first-order valence-electron chi connectivity index (χ1n) is 9.05. The number of hydrogen-bond donors (Lipinski definition) is 1. The second-order valence-corrected chi connectivity index (χ2v) is 6.95. The molecule has 0 aliphatic carbocycles. The number of carbonyl (C=O) groups is 2. The maximum absolute atomic E-state index is 12.3. The number of anilines is 2. The van der Waals surface area contributed by atoms with Gasteiger partial charge in [0, 0.05) is 18.7 Å². The Bertz CT molecular complexity index is 858. The number of benzene rings is 2. The van der Waals surface area contributed by atoms with Crippen molar-refractivity contribution >= 4 is 23.2 Å². The van der Waals surface area contributed by atoms with Gasteiger partial charge in [-0.2, -0.15) is 0 Å². The van der Waals surface area contributed by atoms with Crippen LogP contribution >= 0.6 is 0 Å². The number of aryl methyl sites for hydroxylation is 3. The lowest BCUT2D eigenvalue weighted by Crippen LogP contribution is -2.39. The minimum atomic E-state index is -0.182. The lowest BCUT2D eigenvalue weighted by molar-refractivity contribution is -0.119. The molecule has 5 nitrogen and oxygen atoms in total. The van der Waals surface area contributed by atoms with Gasteiger partial charge in [-0.25, -0.2) is 0 Å². The van der Waals surface area contributed by atoms with Gasteiger partial charge in [0.25, 0.3) is 5.91 Å². The highest BCUT2D eigenvalue weighted by Gasteiger charge is 2.29. The number of nitrogens with zero attached hydrogens (tertiary/aromatic N) is 1. The molecule has 0 bridgehead atoms. The average Bonchev–Trinajstić information content (AvgIpc) is 2.63. The Morgan fingerprint density at radius 2 is 1.96 bits per heavy atom. The number of amides is 2. The van der Waals surface area contributed by atoms with Crippen LogP contribution in [0.1, 0.15) is 29.5 Å². The van der Waals surface area contributed by atoms with E-state index >= 15 is 0 Å². The number of carbonyl (C=O) groups excluding carboxylic acids is 2. The van der Waals surface area contributed by atoms with E-state index in [2.05, 4.69) is 5.32 Å². The normalized spacial score (nSPS) is 15.4. The molecule has 0 spiro atoms. The van der Waals surface area contributed by atoms with Gasteiger partial charge in [0.05, 0.1) is 5.69 Å². The molecule has 0 atom stereocenters. The van der Waals surface area contributed by atoms with Crippen LogP contribution in [0.5, 0.6) is 5.75 Å². The number of ether oxygens (including phenoxy) is 1. The summed E-state index contributed by atoms with van der Waals surface area (Å²) >= 11 is 0. The summed E-state index contributed by atoms with van der Waals surface area (Å²) < 4.78 is 5.57. The second kappa shape index (κ2) is 6.83. The van der Waals surface area contributed by atoms with Crippen LogP contribution in [0.2, 0.25) is 0 Å². The van der Waals surface area contributed by atoms with Crippen LogP contribution in [-0.2, 0) is 22.4 Å². The van der Waals surface area contributed by atoms with Crippen LogP contribution in [0.15, 0.2) is 36.4 Å². The molecule has 2 aromatic rings. The Morgan fingerprint density at radius 3 is 2.77 bits per heavy atom. The molecule has 0 saturated carbocycles. The Labute approximate surface area is 153 Å². The molecule has 4 rings (SSSR count). The molecule has 0 saturated heterocycles. The zero-order chi connectivity index (χ0) is 18.1. The standard InChI is InChI=1S/C21H22N2O3/c1-14-4-2-6-18(10-14)26-13-19(24)22-17-11-15-5-3-9-23-20(25)8-7-16(12-17)21(15)23/h2,4,6,10-12H,3,5,7-9,13H2,1H3,(H,22,24). The van der Waals surface area contributed by atoms with Gasteiger partial charge in [0.1, 0.15) is 5.75 Å². The highest BCUT2D eigenvalue weighted by Crippen LogP contribution is 2.37. The van der Waals surface area contributed by atoms with Gasteiger partial charge in [0.2, 0.25) is 5.91 Å². The Balaban J connectivity index is 1.47. The maximum atomic E-state index is 12.3. The van der Waals surface area contributed by atoms with E-state index in [1.54, 1.807) is 0 Å². The molecule has 134 valence electrons. The molecule has 5 heteroatoms. The van der Waals surface area contributed by atoms with E-state index in [0.717, 1.165) is 53.9 Å². The van der Waals surface area contributed by atoms with Crippen LogP contribution < -0.4 is 15.0 Å². The predicted molar refractivity (Wildman–Crippen MR) is 101 cm³/mol. The molecule has 2 aliphatic rings. The zero-order valence-electron chi connectivity index (χ0n) is 14.9. The van der Waals surface area contributed by atoms with Crippen molar-refractivity contribution < 1.29 is 14.3 Å². The van der Waals surface area contributed by atoms with Crippen LogP contribution in [0.3, 0.4) is 0 Å². The molecule has 1 N–H and O–H groups in total. The third kappa shape index (κ3) is 3.29. The average molecular weight is 350 g/mol. The first-order chi connectivity index (χ1) is 12.6. The second-order valence-electron chi connectivity index (χ2n) is 6.95. The van der Waals surface area contributed by atoms with E-state index in [-0.39, 0.29) is 18.4 Å². The highest BCUT2D eigenvalue weighted by molar-refractivity contribution is 5.99. The smallest absolute Gasteiger partial charge is 0.262 e. The fourth-order valence-electron chi connectivity index (χ4n) is 3.78. The van der Waals surface area contributed by atoms with E-state index in [9.17, 15) is 9.59 Å². The molecule has 0 fully saturated rings. The third-order valence-corrected chi connectivity index (χ3v) is 4.92. The minimum Gasteiger partial charge on any atom is -0.484 e. The molecule has 2 amide bonds. The molecular weight excluding hydrogens is 328 g/mol. The van der Waals surface area contributed by atoms with Crippen molar-refractivity contribution in [2.24, 2.45) is 0 Å². The molecule has 0 radical (unpaired) electrons. The van der Waals surface area contributed by atoms with E-state index in [0.29, 0.717) is 12.2 Å². The summed E-state index contributed by atoms with van der Waals surface area (Å²) in [6, 6.07) is 11.6. The van der Waals surface area contributed by atoms with Crippen LogP contribution in [-0.4, -0.2) is 25.0 Å². The SMILES string of the molecule is Cc1cccc(OCC(=O)Nc2cc3c4c(c2)CCC(=O)N4CCC3)c1. The molecule has 0 aromatic heterocycles. The van der Waals surface area contributed by atoms with Gasteiger partial charge in [-0.3, -0.25) is 9.59 Å². The topological polar surface area (TPSA) is 58.6 Å². The Hall–Kier alpha value is -2.82. The van der Waals surface area contributed by atoms with Gasteiger partial charge in [0.15, 0.2) is 6.61 Å². The van der Waals surface area contributed by atoms with Crippen LogP contribution in [0.4, 0.5) is 11.4 Å². The van der Waals surface area contributed by atoms with Gasteiger partial charge in [-0.1, -0.05) is 12.1 Å². The predicted octanol–water partition coefficient (Wildman–Crippen LogP) is 3.24. The van der Waals surface area contributed by atoms with Crippen molar-refractivity contribution in [3.05, 3.63) is 53.1 Å². The summed E-state index contributed by atoms with van der Waals surface area (Å²) in [6.45, 7) is 2.76. The van der Waals surface area contributed by atoms with E-state index in [1.807, 2.05) is 48.2 Å². The summed E-state index contributed by atoms with van der Waals surface area (Å²) in [5, 5.41) is 2.93. The fraction of sp³-hybridized carbons (Fsp3) is 0.333. The molecule has 0 unspecified atom stereocenters. The largest absolute Gasteiger partial charge is 0.484 e. The Morgan fingerprint density at radius 1 is 1.15 bits per heavy atom. The number of nitrogens with one attached hydrogen (secondary N) is 1. The summed E-state index contributed by atoms with van der Waals surface area (Å²) in [4.78, 5) is 26.3. The first kappa shape index (κ1) is 16.6. The van der Waals surface area contributed by atoms with Crippen molar-refractivity contribution in [1.82, 2.24) is 0 Å². The van der Waals surface area contributed by atoms with E-state index in [1.165, 1.54) is 0 Å². The number of hydrogen-bond acceptors (Lipinski definition) is 3. The fourth-order valence-corrected chi connectivity index (χ4v) is 3.78. The Kier molecular flexibility index (Phi) is 4.37.